The van der Waals surface area contributed by atoms with Crippen LogP contribution in [0.2, 0.25) is 0 Å². The third-order valence-electron chi connectivity index (χ3n) is 3.65. The monoisotopic (exact) mass is 277 g/mol. The van der Waals surface area contributed by atoms with Crippen LogP contribution in [-0.4, -0.2) is 15.9 Å². The summed E-state index contributed by atoms with van der Waals surface area (Å²) in [4.78, 5) is 6.72. The number of anilines is 1. The maximum atomic E-state index is 13.4. The van der Waals surface area contributed by atoms with E-state index in [2.05, 4.69) is 21.2 Å². The fourth-order valence-corrected chi connectivity index (χ4v) is 3.50. The van der Waals surface area contributed by atoms with E-state index in [1.807, 2.05) is 13.0 Å². The van der Waals surface area contributed by atoms with Crippen molar-refractivity contribution in [2.45, 2.75) is 26.3 Å². The minimum absolute atomic E-state index is 0.176. The van der Waals surface area contributed by atoms with Crippen molar-refractivity contribution >= 4 is 16.7 Å². The van der Waals surface area contributed by atoms with Crippen LogP contribution in [0, 0.1) is 18.7 Å². The van der Waals surface area contributed by atoms with E-state index in [0.29, 0.717) is 5.92 Å². The first-order chi connectivity index (χ1) is 9.15. The molecule has 3 rings (SSSR count). The van der Waals surface area contributed by atoms with Gasteiger partial charge in [0.15, 0.2) is 0 Å². The van der Waals surface area contributed by atoms with E-state index in [9.17, 15) is 4.39 Å². The Hall–Kier alpha value is -1.49. The van der Waals surface area contributed by atoms with E-state index in [0.717, 1.165) is 29.5 Å². The molecular formula is C14H16FN3S. The molecule has 0 N–H and O–H groups in total. The summed E-state index contributed by atoms with van der Waals surface area (Å²) in [6.45, 7) is 5.07. The fourth-order valence-electron chi connectivity index (χ4n) is 2.76. The minimum Gasteiger partial charge on any atom is -0.340 e. The van der Waals surface area contributed by atoms with Gasteiger partial charge in [-0.3, -0.25) is 0 Å². The van der Waals surface area contributed by atoms with Crippen LogP contribution in [0.1, 0.15) is 30.8 Å². The van der Waals surface area contributed by atoms with Crippen molar-refractivity contribution in [1.29, 1.82) is 0 Å². The van der Waals surface area contributed by atoms with Crippen LogP contribution in [0.4, 0.5) is 9.52 Å². The Kier molecular flexibility index (Phi) is 3.22. The first-order valence-corrected chi connectivity index (χ1v) is 7.25. The van der Waals surface area contributed by atoms with Gasteiger partial charge in [0.1, 0.15) is 11.6 Å². The zero-order valence-corrected chi connectivity index (χ0v) is 11.8. The van der Waals surface area contributed by atoms with Gasteiger partial charge in [-0.15, -0.1) is 0 Å². The maximum Gasteiger partial charge on any atom is 0.205 e. The standard InChI is InChI=1S/C14H16FN3S/c1-9-6-7-18(14-16-10(2)17-19-14)13(9)11-4-3-5-12(15)8-11/h3-5,8-9,13H,6-7H2,1-2H3. The molecule has 1 aliphatic heterocycles. The quantitative estimate of drug-likeness (QED) is 0.840. The van der Waals surface area contributed by atoms with Crippen molar-refractivity contribution < 1.29 is 4.39 Å². The van der Waals surface area contributed by atoms with Crippen LogP contribution in [0.5, 0.6) is 0 Å². The van der Waals surface area contributed by atoms with Crippen molar-refractivity contribution in [1.82, 2.24) is 9.36 Å². The Labute approximate surface area is 116 Å². The number of aryl methyl sites for hydroxylation is 1. The van der Waals surface area contributed by atoms with Crippen LogP contribution >= 0.6 is 11.5 Å². The SMILES string of the molecule is Cc1nsc(N2CCC(C)C2c2cccc(F)c2)n1. The lowest BCUT2D eigenvalue weighted by Crippen LogP contribution is -2.24. The van der Waals surface area contributed by atoms with Gasteiger partial charge in [-0.25, -0.2) is 9.37 Å². The summed E-state index contributed by atoms with van der Waals surface area (Å²) in [7, 11) is 0. The van der Waals surface area contributed by atoms with Gasteiger partial charge in [-0.2, -0.15) is 4.37 Å². The largest absolute Gasteiger partial charge is 0.340 e. The second-order valence-corrected chi connectivity index (χ2v) is 5.81. The smallest absolute Gasteiger partial charge is 0.205 e. The van der Waals surface area contributed by atoms with Gasteiger partial charge >= 0.3 is 0 Å². The maximum absolute atomic E-state index is 13.4. The highest BCUT2D eigenvalue weighted by atomic mass is 32.1. The summed E-state index contributed by atoms with van der Waals surface area (Å²) in [5, 5.41) is 0.941. The molecule has 100 valence electrons. The fraction of sp³-hybridized carbons (Fsp3) is 0.429. The minimum atomic E-state index is -0.176. The van der Waals surface area contributed by atoms with E-state index in [4.69, 9.17) is 0 Å². The molecule has 1 aliphatic rings. The molecule has 5 heteroatoms. The average Bonchev–Trinajstić information content (AvgIpc) is 2.95. The molecule has 1 aromatic heterocycles. The van der Waals surface area contributed by atoms with Crippen LogP contribution in [0.25, 0.3) is 0 Å². The van der Waals surface area contributed by atoms with Crippen LogP contribution in [0.15, 0.2) is 24.3 Å². The highest BCUT2D eigenvalue weighted by Gasteiger charge is 2.34. The van der Waals surface area contributed by atoms with Crippen molar-refractivity contribution in [3.8, 4) is 0 Å². The number of aromatic nitrogens is 2. The number of nitrogens with zero attached hydrogens (tertiary/aromatic N) is 3. The predicted octanol–water partition coefficient (Wildman–Crippen LogP) is 3.57. The van der Waals surface area contributed by atoms with E-state index >= 15 is 0 Å². The number of benzene rings is 1. The Morgan fingerprint density at radius 3 is 2.95 bits per heavy atom. The van der Waals surface area contributed by atoms with Gasteiger partial charge < -0.3 is 4.90 Å². The number of rotatable bonds is 2. The van der Waals surface area contributed by atoms with Gasteiger partial charge in [0.25, 0.3) is 0 Å². The molecule has 0 saturated carbocycles. The summed E-state index contributed by atoms with van der Waals surface area (Å²) in [5.74, 6) is 1.12. The molecule has 3 nitrogen and oxygen atoms in total. The summed E-state index contributed by atoms with van der Waals surface area (Å²) < 4.78 is 17.7. The summed E-state index contributed by atoms with van der Waals surface area (Å²) in [6.07, 6.45) is 1.10. The van der Waals surface area contributed by atoms with Crippen LogP contribution < -0.4 is 4.90 Å². The van der Waals surface area contributed by atoms with Crippen LogP contribution in [-0.2, 0) is 0 Å². The lowest BCUT2D eigenvalue weighted by Gasteiger charge is -2.26. The van der Waals surface area contributed by atoms with Crippen LogP contribution in [0.3, 0.4) is 0 Å². The lowest BCUT2D eigenvalue weighted by molar-refractivity contribution is 0.527. The number of hydrogen-bond donors (Lipinski definition) is 0. The number of hydrogen-bond acceptors (Lipinski definition) is 4. The lowest BCUT2D eigenvalue weighted by atomic mass is 9.95. The van der Waals surface area contributed by atoms with Gasteiger partial charge in [-0.05, 0) is 37.0 Å². The van der Waals surface area contributed by atoms with Gasteiger partial charge in [0.2, 0.25) is 5.13 Å². The molecule has 19 heavy (non-hydrogen) atoms. The molecule has 0 aliphatic carbocycles. The van der Waals surface area contributed by atoms with E-state index in [1.54, 1.807) is 12.1 Å². The first kappa shape index (κ1) is 12.5. The molecule has 1 fully saturated rings. The zero-order valence-electron chi connectivity index (χ0n) is 11.0. The molecule has 0 bridgehead atoms. The van der Waals surface area contributed by atoms with Gasteiger partial charge in [-0.1, -0.05) is 19.1 Å². The van der Waals surface area contributed by atoms with Gasteiger partial charge in [0.05, 0.1) is 6.04 Å². The zero-order chi connectivity index (χ0) is 13.4. The normalized spacial score (nSPS) is 23.0. The highest BCUT2D eigenvalue weighted by molar-refractivity contribution is 7.09. The predicted molar refractivity (Wildman–Crippen MR) is 74.9 cm³/mol. The van der Waals surface area contributed by atoms with Crippen molar-refractivity contribution in [2.24, 2.45) is 5.92 Å². The second-order valence-electron chi connectivity index (χ2n) is 5.08. The second kappa shape index (κ2) is 4.89. The first-order valence-electron chi connectivity index (χ1n) is 6.47. The molecule has 2 aromatic rings. The summed E-state index contributed by atoms with van der Waals surface area (Å²) >= 11 is 1.42. The topological polar surface area (TPSA) is 29.0 Å². The molecule has 1 saturated heterocycles. The van der Waals surface area contributed by atoms with Crippen molar-refractivity contribution in [2.75, 3.05) is 11.4 Å². The number of halogens is 1. The molecule has 1 aromatic carbocycles. The molecule has 2 heterocycles. The molecule has 0 radical (unpaired) electrons. The van der Waals surface area contributed by atoms with Crippen molar-refractivity contribution in [3.63, 3.8) is 0 Å². The Morgan fingerprint density at radius 2 is 2.26 bits per heavy atom. The van der Waals surface area contributed by atoms with E-state index < -0.39 is 0 Å². The Bertz CT molecular complexity index is 584. The third-order valence-corrected chi connectivity index (χ3v) is 4.50. The Balaban J connectivity index is 1.97. The highest BCUT2D eigenvalue weighted by Crippen LogP contribution is 2.40. The molecular weight excluding hydrogens is 261 g/mol. The van der Waals surface area contributed by atoms with Gasteiger partial charge in [0, 0.05) is 18.1 Å². The molecule has 2 atom stereocenters. The summed E-state index contributed by atoms with van der Waals surface area (Å²) in [5.41, 5.74) is 1.03. The molecule has 2 unspecified atom stereocenters. The molecule has 0 spiro atoms. The van der Waals surface area contributed by atoms with E-state index in [-0.39, 0.29) is 11.9 Å². The van der Waals surface area contributed by atoms with Crippen molar-refractivity contribution in [3.05, 3.63) is 41.5 Å². The average molecular weight is 277 g/mol. The summed E-state index contributed by atoms with van der Waals surface area (Å²) in [6, 6.07) is 7.09. The van der Waals surface area contributed by atoms with E-state index in [1.165, 1.54) is 17.6 Å². The Morgan fingerprint density at radius 1 is 1.42 bits per heavy atom. The third kappa shape index (κ3) is 2.34. The molecule has 0 amide bonds.